The van der Waals surface area contributed by atoms with Crippen LogP contribution in [0.15, 0.2) is 48.0 Å². The number of hydrogen-bond donors (Lipinski definition) is 0. The van der Waals surface area contributed by atoms with Crippen LogP contribution in [-0.2, 0) is 16.1 Å². The minimum absolute atomic E-state index is 0.109. The molecule has 0 aromatic heterocycles. The number of carbonyl (C=O) groups is 2. The molecule has 0 radical (unpaired) electrons. The summed E-state index contributed by atoms with van der Waals surface area (Å²) in [5.74, 6) is 0.294. The Morgan fingerprint density at radius 2 is 1.78 bits per heavy atom. The van der Waals surface area contributed by atoms with Crippen LogP contribution in [0.1, 0.15) is 28.4 Å². The number of ether oxygens (including phenoxy) is 3. The Kier molecular flexibility index (Phi) is 6.73. The van der Waals surface area contributed by atoms with Gasteiger partial charge in [0, 0.05) is 11.1 Å². The molecular formula is C21H19NO5. The lowest BCUT2D eigenvalue weighted by Gasteiger charge is -2.10. The quantitative estimate of drug-likeness (QED) is 0.323. The number of Topliss-reactive ketones (excluding diaryl/α,β-unsaturated/α-hetero) is 1. The summed E-state index contributed by atoms with van der Waals surface area (Å²) in [4.78, 5) is 23.8. The normalized spacial score (nSPS) is 10.7. The summed E-state index contributed by atoms with van der Waals surface area (Å²) in [6, 6.07) is 13.6. The molecule has 138 valence electrons. The molecule has 27 heavy (non-hydrogen) atoms. The number of nitriles is 1. The van der Waals surface area contributed by atoms with Crippen LogP contribution in [-0.4, -0.2) is 26.0 Å². The van der Waals surface area contributed by atoms with Crippen LogP contribution < -0.4 is 9.47 Å². The lowest BCUT2D eigenvalue weighted by atomic mass is 10.1. The molecule has 0 fully saturated rings. The van der Waals surface area contributed by atoms with Crippen LogP contribution >= 0.6 is 0 Å². The van der Waals surface area contributed by atoms with E-state index in [1.165, 1.54) is 20.1 Å². The molecule has 6 nitrogen and oxygen atoms in total. The zero-order valence-electron chi connectivity index (χ0n) is 15.3. The number of rotatable bonds is 7. The number of methoxy groups -OCH3 is 2. The molecule has 0 aliphatic heterocycles. The molecule has 2 rings (SSSR count). The number of esters is 1. The zero-order chi connectivity index (χ0) is 19.8. The summed E-state index contributed by atoms with van der Waals surface area (Å²) in [6.07, 6.45) is 1.44. The maximum absolute atomic E-state index is 12.2. The van der Waals surface area contributed by atoms with E-state index in [9.17, 15) is 14.9 Å². The number of ketones is 1. The summed E-state index contributed by atoms with van der Waals surface area (Å²) in [6.45, 7) is 1.33. The molecule has 0 atom stereocenters. The van der Waals surface area contributed by atoms with Crippen molar-refractivity contribution in [3.05, 3.63) is 64.7 Å². The third-order valence-electron chi connectivity index (χ3n) is 3.81. The van der Waals surface area contributed by atoms with Crippen molar-refractivity contribution in [3.63, 3.8) is 0 Å². The summed E-state index contributed by atoms with van der Waals surface area (Å²) in [5.41, 5.74) is 1.55. The van der Waals surface area contributed by atoms with Gasteiger partial charge in [0.05, 0.1) is 14.2 Å². The molecule has 0 saturated carbocycles. The fraction of sp³-hybridized carbons (Fsp3) is 0.190. The Labute approximate surface area is 157 Å². The van der Waals surface area contributed by atoms with Gasteiger partial charge in [-0.15, -0.1) is 0 Å². The van der Waals surface area contributed by atoms with Gasteiger partial charge in [0.25, 0.3) is 0 Å². The first-order chi connectivity index (χ1) is 13.0. The van der Waals surface area contributed by atoms with Crippen molar-refractivity contribution in [3.8, 4) is 17.6 Å². The monoisotopic (exact) mass is 365 g/mol. The van der Waals surface area contributed by atoms with E-state index in [0.717, 1.165) is 0 Å². The van der Waals surface area contributed by atoms with E-state index in [0.29, 0.717) is 28.2 Å². The van der Waals surface area contributed by atoms with Gasteiger partial charge < -0.3 is 14.2 Å². The lowest BCUT2D eigenvalue weighted by molar-refractivity contribution is -0.139. The molecule has 0 aliphatic carbocycles. The highest BCUT2D eigenvalue weighted by Crippen LogP contribution is 2.22. The molecule has 0 saturated heterocycles. The molecule has 2 aromatic carbocycles. The van der Waals surface area contributed by atoms with Gasteiger partial charge in [-0.2, -0.15) is 5.26 Å². The molecule has 6 heteroatoms. The summed E-state index contributed by atoms with van der Waals surface area (Å²) >= 11 is 0. The molecule has 0 heterocycles. The smallest absolute Gasteiger partial charge is 0.349 e. The van der Waals surface area contributed by atoms with Gasteiger partial charge in [-0.3, -0.25) is 4.79 Å². The Bertz CT molecular complexity index is 907. The van der Waals surface area contributed by atoms with E-state index in [1.807, 2.05) is 6.07 Å². The van der Waals surface area contributed by atoms with E-state index in [2.05, 4.69) is 0 Å². The van der Waals surface area contributed by atoms with E-state index < -0.39 is 5.97 Å². The molecule has 0 N–H and O–H groups in total. The van der Waals surface area contributed by atoms with E-state index >= 15 is 0 Å². The van der Waals surface area contributed by atoms with Crippen LogP contribution in [0.3, 0.4) is 0 Å². The first kappa shape index (κ1) is 19.7. The second-order valence-corrected chi connectivity index (χ2v) is 5.60. The maximum atomic E-state index is 12.2. The van der Waals surface area contributed by atoms with Crippen LogP contribution in [0.25, 0.3) is 6.08 Å². The lowest BCUT2D eigenvalue weighted by Crippen LogP contribution is -2.08. The van der Waals surface area contributed by atoms with Gasteiger partial charge in [0.1, 0.15) is 29.7 Å². The second kappa shape index (κ2) is 9.20. The van der Waals surface area contributed by atoms with Crippen LogP contribution in [0.5, 0.6) is 11.5 Å². The topological polar surface area (TPSA) is 85.6 Å². The van der Waals surface area contributed by atoms with Crippen molar-refractivity contribution >= 4 is 17.8 Å². The summed E-state index contributed by atoms with van der Waals surface area (Å²) in [7, 11) is 3.04. The van der Waals surface area contributed by atoms with Crippen LogP contribution in [0.2, 0.25) is 0 Å². The van der Waals surface area contributed by atoms with E-state index in [-0.39, 0.29) is 18.0 Å². The van der Waals surface area contributed by atoms with Crippen LogP contribution in [0.4, 0.5) is 0 Å². The van der Waals surface area contributed by atoms with Gasteiger partial charge in [-0.1, -0.05) is 12.1 Å². The standard InChI is InChI=1S/C21H19NO5/c1-14(23)16-6-9-20(26-3)18(11-16)13-27-21(24)17(12-22)10-15-4-7-19(25-2)8-5-15/h4-11H,13H2,1-3H3. The van der Waals surface area contributed by atoms with Crippen molar-refractivity contribution in [2.45, 2.75) is 13.5 Å². The number of benzene rings is 2. The van der Waals surface area contributed by atoms with Gasteiger partial charge >= 0.3 is 5.97 Å². The first-order valence-corrected chi connectivity index (χ1v) is 8.09. The molecule has 0 aliphatic rings. The minimum atomic E-state index is -0.761. The number of carbonyl (C=O) groups excluding carboxylic acids is 2. The van der Waals surface area contributed by atoms with Crippen LogP contribution in [0, 0.1) is 11.3 Å². The molecule has 0 bridgehead atoms. The van der Waals surface area contributed by atoms with Gasteiger partial charge in [-0.05, 0) is 48.9 Å². The number of hydrogen-bond acceptors (Lipinski definition) is 6. The summed E-state index contributed by atoms with van der Waals surface area (Å²) < 4.78 is 15.5. The summed E-state index contributed by atoms with van der Waals surface area (Å²) in [5, 5.41) is 9.26. The SMILES string of the molecule is COc1ccc(C=C(C#N)C(=O)OCc2cc(C(C)=O)ccc2OC)cc1. The molecular weight excluding hydrogens is 346 g/mol. The zero-order valence-corrected chi connectivity index (χ0v) is 15.3. The largest absolute Gasteiger partial charge is 0.497 e. The molecule has 0 spiro atoms. The highest BCUT2D eigenvalue weighted by atomic mass is 16.5. The third kappa shape index (κ3) is 5.19. The highest BCUT2D eigenvalue weighted by molar-refractivity contribution is 5.98. The van der Waals surface area contributed by atoms with E-state index in [1.54, 1.807) is 49.6 Å². The van der Waals surface area contributed by atoms with Crippen molar-refractivity contribution in [1.82, 2.24) is 0 Å². The Morgan fingerprint density at radius 1 is 1.07 bits per heavy atom. The third-order valence-corrected chi connectivity index (χ3v) is 3.81. The van der Waals surface area contributed by atoms with Crippen molar-refractivity contribution in [1.29, 1.82) is 5.26 Å². The highest BCUT2D eigenvalue weighted by Gasteiger charge is 2.14. The Hall–Kier alpha value is -3.59. The van der Waals surface area contributed by atoms with Crippen molar-refractivity contribution in [2.24, 2.45) is 0 Å². The molecule has 0 amide bonds. The minimum Gasteiger partial charge on any atom is -0.497 e. The van der Waals surface area contributed by atoms with Gasteiger partial charge in [0.15, 0.2) is 5.78 Å². The fourth-order valence-electron chi connectivity index (χ4n) is 2.34. The van der Waals surface area contributed by atoms with Gasteiger partial charge in [-0.25, -0.2) is 4.79 Å². The second-order valence-electron chi connectivity index (χ2n) is 5.60. The van der Waals surface area contributed by atoms with Gasteiger partial charge in [0.2, 0.25) is 0 Å². The average Bonchev–Trinajstić information content (AvgIpc) is 2.70. The molecule has 2 aromatic rings. The number of nitrogens with zero attached hydrogens (tertiary/aromatic N) is 1. The average molecular weight is 365 g/mol. The fourth-order valence-corrected chi connectivity index (χ4v) is 2.34. The first-order valence-electron chi connectivity index (χ1n) is 8.09. The Balaban J connectivity index is 2.15. The predicted molar refractivity (Wildman–Crippen MR) is 99.4 cm³/mol. The Morgan fingerprint density at radius 3 is 2.33 bits per heavy atom. The molecule has 0 unspecified atom stereocenters. The maximum Gasteiger partial charge on any atom is 0.349 e. The predicted octanol–water partition coefficient (Wildman–Crippen LogP) is 3.56. The van der Waals surface area contributed by atoms with E-state index in [4.69, 9.17) is 14.2 Å². The van der Waals surface area contributed by atoms with Crippen molar-refractivity contribution < 1.29 is 23.8 Å². The van der Waals surface area contributed by atoms with Crippen molar-refractivity contribution in [2.75, 3.05) is 14.2 Å².